The Kier molecular flexibility index (Phi) is 2.84. The second kappa shape index (κ2) is 5.62. The first-order valence-corrected chi connectivity index (χ1v) is 8.42. The van der Waals surface area contributed by atoms with Gasteiger partial charge in [-0.05, 0) is 75.3 Å². The van der Waals surface area contributed by atoms with Gasteiger partial charge in [0, 0.05) is 26.8 Å². The van der Waals surface area contributed by atoms with Gasteiger partial charge in [0.05, 0.1) is 7.11 Å². The molecule has 2 fully saturated rings. The average molecular weight is 301 g/mol. The van der Waals surface area contributed by atoms with Crippen LogP contribution in [0.5, 0.6) is 5.75 Å². The number of nitrogens with zero attached hydrogens (tertiary/aromatic N) is 1. The quantitative estimate of drug-likeness (QED) is 0.921. The van der Waals surface area contributed by atoms with Crippen LogP contribution in [-0.4, -0.2) is 36.6 Å². The van der Waals surface area contributed by atoms with Crippen LogP contribution in [0.15, 0.2) is 18.2 Å². The molecule has 0 spiro atoms. The van der Waals surface area contributed by atoms with E-state index in [2.05, 4.69) is 17.1 Å². The zero-order valence-corrected chi connectivity index (χ0v) is 13.2. The van der Waals surface area contributed by atoms with E-state index < -0.39 is 6.98 Å². The highest BCUT2D eigenvalue weighted by Crippen LogP contribution is 2.41. The van der Waals surface area contributed by atoms with E-state index in [1.54, 1.807) is 12.0 Å². The maximum absolute atomic E-state index is 7.83. The zero-order chi connectivity index (χ0) is 17.6. The fourth-order valence-electron chi connectivity index (χ4n) is 3.92. The van der Waals surface area contributed by atoms with Crippen molar-refractivity contribution >= 4 is 10.9 Å². The van der Waals surface area contributed by atoms with Crippen LogP contribution in [0.4, 0.5) is 0 Å². The van der Waals surface area contributed by atoms with E-state index in [0.717, 1.165) is 30.5 Å². The van der Waals surface area contributed by atoms with Crippen LogP contribution in [0, 0.1) is 0 Å². The highest BCUT2D eigenvalue weighted by atomic mass is 16.5. The van der Waals surface area contributed by atoms with E-state index in [0.29, 0.717) is 12.5 Å². The van der Waals surface area contributed by atoms with Gasteiger partial charge in [-0.15, -0.1) is 0 Å². The normalized spacial score (nSPS) is 25.7. The summed E-state index contributed by atoms with van der Waals surface area (Å²) in [5.74, 6) is 1.45. The first kappa shape index (κ1) is 11.1. The highest BCUT2D eigenvalue weighted by Gasteiger charge is 2.29. The third kappa shape index (κ3) is 2.32. The Morgan fingerprint density at radius 1 is 1.32 bits per heavy atom. The predicted octanol–water partition coefficient (Wildman–Crippen LogP) is 4.08. The molecule has 0 radical (unpaired) electrons. The summed E-state index contributed by atoms with van der Waals surface area (Å²) in [6.07, 6.45) is 6.47. The van der Waals surface area contributed by atoms with Gasteiger partial charge in [0.15, 0.2) is 0 Å². The number of fused-ring (bicyclic) bond motifs is 1. The van der Waals surface area contributed by atoms with Crippen molar-refractivity contribution in [3.05, 3.63) is 29.5 Å². The zero-order valence-electron chi connectivity index (χ0n) is 16.2. The first-order chi connectivity index (χ1) is 12.0. The summed E-state index contributed by atoms with van der Waals surface area (Å²) < 4.78 is 28.9. The molecule has 0 unspecified atom stereocenters. The third-order valence-electron chi connectivity index (χ3n) is 5.48. The first-order valence-electron chi connectivity index (χ1n) is 9.92. The van der Waals surface area contributed by atoms with Gasteiger partial charge < -0.3 is 14.6 Å². The molecule has 2 heterocycles. The van der Waals surface area contributed by atoms with Crippen molar-refractivity contribution < 1.29 is 8.85 Å². The maximum atomic E-state index is 7.83. The second-order valence-corrected chi connectivity index (χ2v) is 6.75. The summed E-state index contributed by atoms with van der Waals surface area (Å²) in [7, 11) is 1.69. The van der Waals surface area contributed by atoms with Crippen molar-refractivity contribution in [3.8, 4) is 5.75 Å². The highest BCUT2D eigenvalue weighted by molar-refractivity contribution is 5.86. The molecule has 2 aromatic rings. The molecule has 0 bridgehead atoms. The number of benzene rings is 1. The van der Waals surface area contributed by atoms with E-state index in [4.69, 9.17) is 8.85 Å². The van der Waals surface area contributed by atoms with Gasteiger partial charge in [-0.3, -0.25) is 0 Å². The summed E-state index contributed by atoms with van der Waals surface area (Å²) in [5.41, 5.74) is 3.77. The van der Waals surface area contributed by atoms with E-state index in [9.17, 15) is 0 Å². The minimum Gasteiger partial charge on any atom is -0.497 e. The van der Waals surface area contributed by atoms with Gasteiger partial charge in [-0.25, -0.2) is 0 Å². The molecule has 3 heteroatoms. The number of likely N-dealkylation sites (N-methyl/N-ethyl adjacent to an activating group) is 1. The molecular formula is C19H26N2O. The summed E-state index contributed by atoms with van der Waals surface area (Å²) >= 11 is 0. The lowest BCUT2D eigenvalue weighted by atomic mass is 9.80. The predicted molar refractivity (Wildman–Crippen MR) is 90.8 cm³/mol. The number of nitrogens with one attached hydrogen (secondary N) is 1. The molecule has 0 amide bonds. The van der Waals surface area contributed by atoms with Crippen molar-refractivity contribution in [1.82, 2.24) is 9.88 Å². The molecule has 118 valence electrons. The molecule has 1 atom stereocenters. The molecule has 4 rings (SSSR count). The lowest BCUT2D eigenvalue weighted by molar-refractivity contribution is 0.308. The Hall–Kier alpha value is -1.48. The van der Waals surface area contributed by atoms with E-state index in [-0.39, 0.29) is 6.04 Å². The number of methoxy groups -OCH3 is 1. The third-order valence-corrected chi connectivity index (χ3v) is 5.48. The fourth-order valence-corrected chi connectivity index (χ4v) is 3.92. The van der Waals surface area contributed by atoms with Crippen molar-refractivity contribution in [3.63, 3.8) is 0 Å². The monoisotopic (exact) mass is 301 g/mol. The largest absolute Gasteiger partial charge is 0.497 e. The van der Waals surface area contributed by atoms with Crippen LogP contribution in [-0.2, 0) is 6.42 Å². The number of aromatic nitrogens is 1. The molecule has 3 nitrogen and oxygen atoms in total. The van der Waals surface area contributed by atoms with Crippen molar-refractivity contribution in [2.75, 3.05) is 20.6 Å². The molecule has 1 saturated heterocycles. The van der Waals surface area contributed by atoms with Crippen LogP contribution in [0.25, 0.3) is 10.9 Å². The topological polar surface area (TPSA) is 28.3 Å². The van der Waals surface area contributed by atoms with Crippen molar-refractivity contribution in [1.29, 1.82) is 0 Å². The lowest BCUT2D eigenvalue weighted by Crippen LogP contribution is -2.27. The van der Waals surface area contributed by atoms with Gasteiger partial charge in [0.1, 0.15) is 5.75 Å². The van der Waals surface area contributed by atoms with Crippen molar-refractivity contribution in [2.45, 2.75) is 50.5 Å². The van der Waals surface area contributed by atoms with Crippen LogP contribution < -0.4 is 4.74 Å². The number of H-pyrrole nitrogens is 1. The van der Waals surface area contributed by atoms with E-state index >= 15 is 0 Å². The van der Waals surface area contributed by atoms with Crippen LogP contribution in [0.1, 0.15) is 53.4 Å². The minimum absolute atomic E-state index is 0.0940. The molecule has 1 aromatic carbocycles. The Morgan fingerprint density at radius 3 is 2.95 bits per heavy atom. The van der Waals surface area contributed by atoms with Gasteiger partial charge in [0.2, 0.25) is 0 Å². The van der Waals surface area contributed by atoms with Crippen LogP contribution in [0.3, 0.4) is 0 Å². The van der Waals surface area contributed by atoms with Gasteiger partial charge in [-0.1, -0.05) is 6.42 Å². The second-order valence-electron chi connectivity index (χ2n) is 6.75. The molecular weight excluding hydrogens is 272 g/mol. The van der Waals surface area contributed by atoms with Gasteiger partial charge in [-0.2, -0.15) is 0 Å². The van der Waals surface area contributed by atoms with E-state index in [1.165, 1.54) is 35.9 Å². The SMILES string of the molecule is [2H]C([2H])([2H])N1CCC[C@@H]1Cc1c(C2CCC2)[nH]c2ccc(OC)cc12. The number of ether oxygens (including phenoxy) is 1. The number of aromatic amines is 1. The van der Waals surface area contributed by atoms with Crippen LogP contribution in [0.2, 0.25) is 0 Å². The van der Waals surface area contributed by atoms with Crippen molar-refractivity contribution in [2.24, 2.45) is 0 Å². The standard InChI is InChI=1S/C19H26N2O/c1-21-10-4-7-14(21)11-17-16-12-15(22-2)8-9-18(16)20-19(17)13-5-3-6-13/h8-9,12-14,20H,3-7,10-11H2,1-2H3/t14-/m1/s1/i1D3. The van der Waals surface area contributed by atoms with E-state index in [1.807, 2.05) is 6.07 Å². The van der Waals surface area contributed by atoms with Gasteiger partial charge in [0.25, 0.3) is 0 Å². The Balaban J connectivity index is 1.73. The summed E-state index contributed by atoms with van der Waals surface area (Å²) in [5, 5.41) is 1.19. The number of rotatable bonds is 4. The lowest BCUT2D eigenvalue weighted by Gasteiger charge is -2.27. The minimum atomic E-state index is -2.00. The van der Waals surface area contributed by atoms with Gasteiger partial charge >= 0.3 is 0 Å². The Morgan fingerprint density at radius 2 is 2.23 bits per heavy atom. The average Bonchev–Trinajstić information content (AvgIpc) is 3.11. The molecule has 1 N–H and O–H groups in total. The number of hydrogen-bond donors (Lipinski definition) is 1. The fraction of sp³-hybridized carbons (Fsp3) is 0.579. The maximum Gasteiger partial charge on any atom is 0.119 e. The number of hydrogen-bond acceptors (Lipinski definition) is 2. The molecule has 1 aliphatic carbocycles. The number of likely N-dealkylation sites (tertiary alicyclic amines) is 1. The molecule has 1 aliphatic heterocycles. The summed E-state index contributed by atoms with van der Waals surface area (Å²) in [6, 6.07) is 6.25. The molecule has 22 heavy (non-hydrogen) atoms. The Bertz CT molecular complexity index is 764. The summed E-state index contributed by atoms with van der Waals surface area (Å²) in [6.45, 7) is -1.33. The Labute approximate surface area is 136 Å². The molecule has 2 aliphatic rings. The molecule has 1 saturated carbocycles. The van der Waals surface area contributed by atoms with Crippen LogP contribution >= 0.6 is 0 Å². The molecule has 1 aromatic heterocycles. The summed E-state index contributed by atoms with van der Waals surface area (Å²) in [4.78, 5) is 5.35. The smallest absolute Gasteiger partial charge is 0.119 e.